The first-order valence-electron chi connectivity index (χ1n) is 7.00. The van der Waals surface area contributed by atoms with Crippen molar-refractivity contribution < 1.29 is 19.5 Å². The molecule has 0 aliphatic carbocycles. The van der Waals surface area contributed by atoms with E-state index in [2.05, 4.69) is 6.58 Å². The summed E-state index contributed by atoms with van der Waals surface area (Å²) in [6.45, 7) is 8.43. The third-order valence-electron chi connectivity index (χ3n) is 3.34. The van der Waals surface area contributed by atoms with Gasteiger partial charge in [0.2, 0.25) is 5.91 Å². The summed E-state index contributed by atoms with van der Waals surface area (Å²) in [6, 6.07) is -0.361. The summed E-state index contributed by atoms with van der Waals surface area (Å²) in [4.78, 5) is 35.2. The summed E-state index contributed by atoms with van der Waals surface area (Å²) >= 11 is 0. The Labute approximate surface area is 126 Å². The van der Waals surface area contributed by atoms with Crippen LogP contribution >= 0.6 is 0 Å². The predicted molar refractivity (Wildman–Crippen MR) is 80.9 cm³/mol. The summed E-state index contributed by atoms with van der Waals surface area (Å²) in [5.74, 6) is -0.624. The number of nitrogens with zero attached hydrogens (tertiary/aromatic N) is 2. The number of aldehydes is 1. The highest BCUT2D eigenvalue weighted by molar-refractivity contribution is 5.87. The zero-order valence-corrected chi connectivity index (χ0v) is 13.3. The molecule has 6 nitrogen and oxygen atoms in total. The fourth-order valence-corrected chi connectivity index (χ4v) is 2.33. The molecule has 1 N–H and O–H groups in total. The third kappa shape index (κ3) is 6.53. The maximum atomic E-state index is 11.0. The molecule has 0 aromatic carbocycles. The standard InChI is InChI=1S/C8H11NO2.C7H15NO2/c1-2-8(11)9-4-3-7(5-9)6-10;1-5(2)6(7(9)10)8(3)4/h2,6-7H,1,3-5H2;5-6H,1-4H3,(H,9,10). The molecular formula is C15H26N2O4. The Morgan fingerprint density at radius 2 is 1.95 bits per heavy atom. The topological polar surface area (TPSA) is 77.9 Å². The molecule has 1 fully saturated rings. The molecule has 1 heterocycles. The number of likely N-dealkylation sites (tertiary alicyclic amines) is 1. The molecule has 2 unspecified atom stereocenters. The van der Waals surface area contributed by atoms with Gasteiger partial charge in [-0.3, -0.25) is 14.5 Å². The lowest BCUT2D eigenvalue weighted by Crippen LogP contribution is -2.39. The second-order valence-corrected chi connectivity index (χ2v) is 5.66. The molecule has 0 radical (unpaired) electrons. The van der Waals surface area contributed by atoms with Gasteiger partial charge in [-0.05, 0) is 32.5 Å². The average Bonchev–Trinajstić information content (AvgIpc) is 2.85. The molecule has 0 aromatic rings. The lowest BCUT2D eigenvalue weighted by atomic mass is 10.0. The van der Waals surface area contributed by atoms with E-state index in [1.165, 1.54) is 6.08 Å². The van der Waals surface area contributed by atoms with E-state index >= 15 is 0 Å². The van der Waals surface area contributed by atoms with Gasteiger partial charge in [-0.2, -0.15) is 0 Å². The highest BCUT2D eigenvalue weighted by atomic mass is 16.4. The van der Waals surface area contributed by atoms with E-state index in [1.807, 2.05) is 13.8 Å². The molecule has 0 saturated carbocycles. The largest absolute Gasteiger partial charge is 0.480 e. The van der Waals surface area contributed by atoms with Crippen molar-refractivity contribution >= 4 is 18.2 Å². The van der Waals surface area contributed by atoms with E-state index in [-0.39, 0.29) is 23.8 Å². The molecule has 1 aliphatic rings. The number of amides is 1. The molecule has 21 heavy (non-hydrogen) atoms. The van der Waals surface area contributed by atoms with Gasteiger partial charge in [0.05, 0.1) is 0 Å². The smallest absolute Gasteiger partial charge is 0.321 e. The minimum atomic E-state index is -0.750. The SMILES string of the molecule is C=CC(=O)N1CCC(C=O)C1.CC(C)C(C(=O)O)N(C)C. The van der Waals surface area contributed by atoms with E-state index in [1.54, 1.807) is 23.9 Å². The quantitative estimate of drug-likeness (QED) is 0.602. The van der Waals surface area contributed by atoms with Crippen LogP contribution in [0.4, 0.5) is 0 Å². The first-order chi connectivity index (χ1) is 9.74. The van der Waals surface area contributed by atoms with Crippen LogP contribution in [0.25, 0.3) is 0 Å². The summed E-state index contributed by atoms with van der Waals surface area (Å²) < 4.78 is 0. The number of carboxylic acid groups (broad SMARTS) is 1. The molecule has 0 aromatic heterocycles. The van der Waals surface area contributed by atoms with E-state index < -0.39 is 5.97 Å². The van der Waals surface area contributed by atoms with Gasteiger partial charge in [0.25, 0.3) is 0 Å². The molecule has 0 spiro atoms. The van der Waals surface area contributed by atoms with Crippen LogP contribution in [0, 0.1) is 11.8 Å². The molecule has 1 aliphatic heterocycles. The number of carbonyl (C=O) groups is 3. The van der Waals surface area contributed by atoms with E-state index in [0.29, 0.717) is 13.1 Å². The lowest BCUT2D eigenvalue weighted by Gasteiger charge is -2.22. The van der Waals surface area contributed by atoms with Crippen LogP contribution in [0.15, 0.2) is 12.7 Å². The molecule has 1 rings (SSSR count). The second kappa shape index (κ2) is 9.28. The number of aliphatic carboxylic acids is 1. The number of rotatable bonds is 5. The van der Waals surface area contributed by atoms with Crippen LogP contribution < -0.4 is 0 Å². The van der Waals surface area contributed by atoms with Crippen molar-refractivity contribution in [2.45, 2.75) is 26.3 Å². The van der Waals surface area contributed by atoms with Gasteiger partial charge in [-0.15, -0.1) is 0 Å². The Bertz CT molecular complexity index is 372. The maximum Gasteiger partial charge on any atom is 0.321 e. The van der Waals surface area contributed by atoms with Gasteiger partial charge < -0.3 is 14.8 Å². The minimum Gasteiger partial charge on any atom is -0.480 e. The van der Waals surface area contributed by atoms with Gasteiger partial charge in [0.1, 0.15) is 12.3 Å². The molecular weight excluding hydrogens is 272 g/mol. The van der Waals surface area contributed by atoms with Crippen LogP contribution in [-0.2, 0) is 14.4 Å². The number of hydrogen-bond acceptors (Lipinski definition) is 4. The van der Waals surface area contributed by atoms with Gasteiger partial charge in [-0.1, -0.05) is 20.4 Å². The molecule has 1 saturated heterocycles. The van der Waals surface area contributed by atoms with Crippen LogP contribution in [0.5, 0.6) is 0 Å². The van der Waals surface area contributed by atoms with Crippen LogP contribution in [-0.4, -0.2) is 66.3 Å². The Morgan fingerprint density at radius 1 is 1.38 bits per heavy atom. The first kappa shape index (κ1) is 19.3. The fraction of sp³-hybridized carbons (Fsp3) is 0.667. The fourth-order valence-electron chi connectivity index (χ4n) is 2.33. The highest BCUT2D eigenvalue weighted by Crippen LogP contribution is 2.13. The Hall–Kier alpha value is -1.69. The number of carboxylic acids is 1. The zero-order chi connectivity index (χ0) is 16.6. The monoisotopic (exact) mass is 298 g/mol. The minimum absolute atomic E-state index is 0.0406. The van der Waals surface area contributed by atoms with Crippen molar-refractivity contribution in [3.05, 3.63) is 12.7 Å². The Kier molecular flexibility index (Phi) is 8.54. The van der Waals surface area contributed by atoms with Gasteiger partial charge in [-0.25, -0.2) is 0 Å². The van der Waals surface area contributed by atoms with Crippen LogP contribution in [0.2, 0.25) is 0 Å². The zero-order valence-electron chi connectivity index (χ0n) is 13.3. The summed E-state index contributed by atoms with van der Waals surface area (Å²) in [7, 11) is 3.55. The van der Waals surface area contributed by atoms with Crippen molar-refractivity contribution in [2.24, 2.45) is 11.8 Å². The van der Waals surface area contributed by atoms with Crippen LogP contribution in [0.1, 0.15) is 20.3 Å². The molecule has 1 amide bonds. The first-order valence-corrected chi connectivity index (χ1v) is 7.00. The Morgan fingerprint density at radius 3 is 2.19 bits per heavy atom. The molecule has 2 atom stereocenters. The van der Waals surface area contributed by atoms with E-state index in [4.69, 9.17) is 5.11 Å². The van der Waals surface area contributed by atoms with Gasteiger partial charge in [0, 0.05) is 19.0 Å². The summed E-state index contributed by atoms with van der Waals surface area (Å²) in [6.07, 6.45) is 2.99. The van der Waals surface area contributed by atoms with Crippen molar-refractivity contribution in [2.75, 3.05) is 27.2 Å². The van der Waals surface area contributed by atoms with E-state index in [0.717, 1.165) is 12.7 Å². The number of carbonyl (C=O) groups excluding carboxylic acids is 2. The van der Waals surface area contributed by atoms with Crippen molar-refractivity contribution in [1.29, 1.82) is 0 Å². The highest BCUT2D eigenvalue weighted by Gasteiger charge is 2.24. The third-order valence-corrected chi connectivity index (χ3v) is 3.34. The number of likely N-dealkylation sites (N-methyl/N-ethyl adjacent to an activating group) is 1. The average molecular weight is 298 g/mol. The normalized spacial score (nSPS) is 19.0. The summed E-state index contributed by atoms with van der Waals surface area (Å²) in [5, 5.41) is 8.67. The molecule has 120 valence electrons. The maximum absolute atomic E-state index is 11.0. The van der Waals surface area contributed by atoms with Gasteiger partial charge in [0.15, 0.2) is 0 Å². The van der Waals surface area contributed by atoms with Crippen molar-refractivity contribution in [3.63, 3.8) is 0 Å². The number of hydrogen-bond donors (Lipinski definition) is 1. The van der Waals surface area contributed by atoms with Crippen LogP contribution in [0.3, 0.4) is 0 Å². The predicted octanol–water partition coefficient (Wildman–Crippen LogP) is 0.877. The van der Waals surface area contributed by atoms with E-state index in [9.17, 15) is 14.4 Å². The second-order valence-electron chi connectivity index (χ2n) is 5.66. The van der Waals surface area contributed by atoms with Crippen molar-refractivity contribution in [3.8, 4) is 0 Å². The van der Waals surface area contributed by atoms with Gasteiger partial charge >= 0.3 is 5.97 Å². The Balaban J connectivity index is 0.000000384. The lowest BCUT2D eigenvalue weighted by molar-refractivity contribution is -0.143. The molecule has 0 bridgehead atoms. The van der Waals surface area contributed by atoms with Crippen molar-refractivity contribution in [1.82, 2.24) is 9.80 Å². The molecule has 6 heteroatoms. The summed E-state index contributed by atoms with van der Waals surface area (Å²) in [5.41, 5.74) is 0.